The van der Waals surface area contributed by atoms with Crippen LogP contribution in [0.3, 0.4) is 0 Å². The summed E-state index contributed by atoms with van der Waals surface area (Å²) < 4.78 is 5.26. The van der Waals surface area contributed by atoms with Crippen molar-refractivity contribution in [2.75, 3.05) is 7.05 Å². The molecule has 1 N–H and O–H groups in total. The first kappa shape index (κ1) is 16.2. The van der Waals surface area contributed by atoms with Crippen LogP contribution in [0.15, 0.2) is 40.9 Å². The van der Waals surface area contributed by atoms with Gasteiger partial charge < -0.3 is 9.84 Å². The van der Waals surface area contributed by atoms with Crippen molar-refractivity contribution in [1.82, 2.24) is 15.4 Å². The lowest BCUT2D eigenvalue weighted by Crippen LogP contribution is -2.32. The molecular formula is C17H23N3O2. The van der Waals surface area contributed by atoms with Crippen molar-refractivity contribution in [3.63, 3.8) is 0 Å². The number of nitrogens with one attached hydrogen (secondary N) is 1. The summed E-state index contributed by atoms with van der Waals surface area (Å²) in [5, 5.41) is 6.73. The lowest BCUT2D eigenvalue weighted by atomic mass is 10.2. The normalized spacial score (nSPS) is 12.4. The fourth-order valence-corrected chi connectivity index (χ4v) is 2.11. The van der Waals surface area contributed by atoms with Crippen LogP contribution < -0.4 is 5.32 Å². The third-order valence-electron chi connectivity index (χ3n) is 3.50. The van der Waals surface area contributed by atoms with Crippen molar-refractivity contribution < 1.29 is 9.32 Å². The highest BCUT2D eigenvalue weighted by atomic mass is 16.5. The van der Waals surface area contributed by atoms with E-state index in [1.165, 1.54) is 5.56 Å². The third-order valence-corrected chi connectivity index (χ3v) is 3.50. The second kappa shape index (κ2) is 7.75. The minimum absolute atomic E-state index is 0.133. The number of hydrogen-bond acceptors (Lipinski definition) is 4. The van der Waals surface area contributed by atoms with Gasteiger partial charge in [-0.05, 0) is 26.0 Å². The number of aromatic nitrogens is 1. The van der Waals surface area contributed by atoms with E-state index in [1.807, 2.05) is 39.1 Å². The number of nitrogens with zero attached hydrogens (tertiary/aromatic N) is 2. The molecule has 0 saturated carbocycles. The lowest BCUT2D eigenvalue weighted by Gasteiger charge is -2.14. The molecule has 118 valence electrons. The number of benzene rings is 1. The van der Waals surface area contributed by atoms with Crippen molar-refractivity contribution in [2.24, 2.45) is 0 Å². The van der Waals surface area contributed by atoms with Crippen molar-refractivity contribution in [3.05, 3.63) is 53.4 Å². The number of carbonyl (C=O) groups excluding carboxylic acids is 1. The summed E-state index contributed by atoms with van der Waals surface area (Å²) in [4.78, 5) is 14.1. The Morgan fingerprint density at radius 2 is 2.05 bits per heavy atom. The molecule has 0 fully saturated rings. The summed E-state index contributed by atoms with van der Waals surface area (Å²) in [5.41, 5.74) is 1.57. The van der Waals surface area contributed by atoms with Crippen LogP contribution >= 0.6 is 0 Å². The van der Waals surface area contributed by atoms with Crippen molar-refractivity contribution in [1.29, 1.82) is 0 Å². The van der Waals surface area contributed by atoms with Gasteiger partial charge in [-0.2, -0.15) is 0 Å². The largest absolute Gasteiger partial charge is 0.359 e. The SMILES string of the molecule is CCC(C)NC(=O)c1cc(CN(C)Cc2ccccc2)on1. The molecule has 5 nitrogen and oxygen atoms in total. The van der Waals surface area contributed by atoms with Crippen LogP contribution in [0.25, 0.3) is 0 Å². The Bertz CT molecular complexity index is 595. The Labute approximate surface area is 131 Å². The molecule has 0 aliphatic rings. The minimum Gasteiger partial charge on any atom is -0.359 e. The van der Waals surface area contributed by atoms with E-state index in [1.54, 1.807) is 6.07 Å². The van der Waals surface area contributed by atoms with Crippen LogP contribution in [-0.2, 0) is 13.1 Å². The van der Waals surface area contributed by atoms with Crippen LogP contribution in [-0.4, -0.2) is 29.1 Å². The molecule has 1 atom stereocenters. The number of amides is 1. The molecule has 0 aliphatic carbocycles. The quantitative estimate of drug-likeness (QED) is 0.854. The van der Waals surface area contributed by atoms with Gasteiger partial charge in [-0.15, -0.1) is 0 Å². The van der Waals surface area contributed by atoms with Gasteiger partial charge >= 0.3 is 0 Å². The summed E-state index contributed by atoms with van der Waals surface area (Å²) in [6.07, 6.45) is 0.885. The minimum atomic E-state index is -0.185. The maximum atomic E-state index is 12.0. The van der Waals surface area contributed by atoms with Crippen LogP contribution in [0.1, 0.15) is 42.1 Å². The van der Waals surface area contributed by atoms with Gasteiger partial charge in [0, 0.05) is 18.7 Å². The topological polar surface area (TPSA) is 58.4 Å². The molecule has 1 unspecified atom stereocenters. The standard InChI is InChI=1S/C17H23N3O2/c1-4-13(2)18-17(21)16-10-15(22-19-16)12-20(3)11-14-8-6-5-7-9-14/h5-10,13H,4,11-12H2,1-3H3,(H,18,21). The van der Waals surface area contributed by atoms with E-state index in [0.717, 1.165) is 13.0 Å². The highest BCUT2D eigenvalue weighted by Crippen LogP contribution is 2.10. The van der Waals surface area contributed by atoms with E-state index >= 15 is 0 Å². The first-order valence-corrected chi connectivity index (χ1v) is 7.57. The van der Waals surface area contributed by atoms with Gasteiger partial charge in [0.05, 0.1) is 6.54 Å². The average molecular weight is 301 g/mol. The average Bonchev–Trinajstić information content (AvgIpc) is 2.96. The molecule has 2 rings (SSSR count). The van der Waals surface area contributed by atoms with E-state index in [-0.39, 0.29) is 11.9 Å². The highest BCUT2D eigenvalue weighted by molar-refractivity contribution is 5.92. The van der Waals surface area contributed by atoms with Gasteiger partial charge in [0.2, 0.25) is 0 Å². The predicted octanol–water partition coefficient (Wildman–Crippen LogP) is 2.83. The van der Waals surface area contributed by atoms with Crippen LogP contribution in [0.2, 0.25) is 0 Å². The Hall–Kier alpha value is -2.14. The fourth-order valence-electron chi connectivity index (χ4n) is 2.11. The molecule has 0 aliphatic heterocycles. The van der Waals surface area contributed by atoms with Gasteiger partial charge in [-0.3, -0.25) is 9.69 Å². The Balaban J connectivity index is 1.90. The van der Waals surface area contributed by atoms with E-state index in [9.17, 15) is 4.79 Å². The Kier molecular flexibility index (Phi) is 5.72. The zero-order chi connectivity index (χ0) is 15.9. The van der Waals surface area contributed by atoms with Crippen molar-refractivity contribution >= 4 is 5.91 Å². The molecule has 0 saturated heterocycles. The van der Waals surface area contributed by atoms with Crippen LogP contribution in [0.4, 0.5) is 0 Å². The molecule has 1 heterocycles. The summed E-state index contributed by atoms with van der Waals surface area (Å²) in [7, 11) is 2.01. The number of rotatable bonds is 7. The monoisotopic (exact) mass is 301 g/mol. The third kappa shape index (κ3) is 4.70. The molecule has 0 spiro atoms. The zero-order valence-electron chi connectivity index (χ0n) is 13.4. The van der Waals surface area contributed by atoms with E-state index < -0.39 is 0 Å². The van der Waals surface area contributed by atoms with Gasteiger partial charge in [-0.25, -0.2) is 0 Å². The van der Waals surface area contributed by atoms with Gasteiger partial charge in [0.15, 0.2) is 11.5 Å². The molecule has 0 radical (unpaired) electrons. The molecule has 1 aromatic carbocycles. The summed E-state index contributed by atoms with van der Waals surface area (Å²) in [6, 6.07) is 12.1. The number of hydrogen-bond donors (Lipinski definition) is 1. The van der Waals surface area contributed by atoms with Crippen molar-refractivity contribution in [3.8, 4) is 0 Å². The van der Waals surface area contributed by atoms with Gasteiger partial charge in [0.25, 0.3) is 5.91 Å². The number of carbonyl (C=O) groups is 1. The smallest absolute Gasteiger partial charge is 0.273 e. The van der Waals surface area contributed by atoms with Gasteiger partial charge in [-0.1, -0.05) is 42.4 Å². The summed E-state index contributed by atoms with van der Waals surface area (Å²) >= 11 is 0. The first-order chi connectivity index (χ1) is 10.6. The summed E-state index contributed by atoms with van der Waals surface area (Å²) in [5.74, 6) is 0.503. The lowest BCUT2D eigenvalue weighted by molar-refractivity contribution is 0.0930. The molecule has 5 heteroatoms. The van der Waals surface area contributed by atoms with Crippen LogP contribution in [0.5, 0.6) is 0 Å². The predicted molar refractivity (Wildman–Crippen MR) is 85.3 cm³/mol. The highest BCUT2D eigenvalue weighted by Gasteiger charge is 2.15. The second-order valence-corrected chi connectivity index (χ2v) is 5.62. The van der Waals surface area contributed by atoms with E-state index in [0.29, 0.717) is 18.0 Å². The summed E-state index contributed by atoms with van der Waals surface area (Å²) in [6.45, 7) is 5.42. The van der Waals surface area contributed by atoms with E-state index in [4.69, 9.17) is 4.52 Å². The van der Waals surface area contributed by atoms with E-state index in [2.05, 4.69) is 27.5 Å². The molecular weight excluding hydrogens is 278 g/mol. The Morgan fingerprint density at radius 3 is 2.73 bits per heavy atom. The Morgan fingerprint density at radius 1 is 1.32 bits per heavy atom. The maximum absolute atomic E-state index is 12.0. The molecule has 0 bridgehead atoms. The molecule has 1 amide bonds. The maximum Gasteiger partial charge on any atom is 0.273 e. The first-order valence-electron chi connectivity index (χ1n) is 7.57. The molecule has 1 aromatic heterocycles. The van der Waals surface area contributed by atoms with Crippen molar-refractivity contribution in [2.45, 2.75) is 39.4 Å². The second-order valence-electron chi connectivity index (χ2n) is 5.62. The van der Waals surface area contributed by atoms with Crippen LogP contribution in [0, 0.1) is 0 Å². The van der Waals surface area contributed by atoms with Gasteiger partial charge in [0.1, 0.15) is 0 Å². The molecule has 2 aromatic rings. The molecule has 22 heavy (non-hydrogen) atoms. The zero-order valence-corrected chi connectivity index (χ0v) is 13.4. The fraction of sp³-hybridized carbons (Fsp3) is 0.412.